The summed E-state index contributed by atoms with van der Waals surface area (Å²) >= 11 is 0. The number of rotatable bonds is 2. The lowest BCUT2D eigenvalue weighted by Gasteiger charge is -2.28. The Morgan fingerprint density at radius 1 is 1.17 bits per heavy atom. The van der Waals surface area contributed by atoms with Crippen molar-refractivity contribution < 1.29 is 9.53 Å². The quantitative estimate of drug-likeness (QED) is 0.588. The average Bonchev–Trinajstić information content (AvgIpc) is 3.47. The van der Waals surface area contributed by atoms with E-state index < -0.39 is 0 Å². The highest BCUT2D eigenvalue weighted by Gasteiger charge is 2.29. The number of hydrogen-bond donors (Lipinski definition) is 1. The first kappa shape index (κ1) is 24.4. The summed E-state index contributed by atoms with van der Waals surface area (Å²) in [6, 6.07) is 7.81. The van der Waals surface area contributed by atoms with Gasteiger partial charge in [0.15, 0.2) is 5.65 Å². The number of aromatic nitrogens is 3. The zero-order valence-electron chi connectivity index (χ0n) is 22.0. The Morgan fingerprint density at radius 3 is 2.69 bits per heavy atom. The molecule has 192 valence electrons. The van der Waals surface area contributed by atoms with Crippen LogP contribution in [-0.2, 0) is 0 Å². The number of anilines is 2. The summed E-state index contributed by atoms with van der Waals surface area (Å²) in [6.45, 7) is 9.18. The lowest BCUT2D eigenvalue weighted by Crippen LogP contribution is -2.32. The Bertz CT molecular complexity index is 1290. The van der Waals surface area contributed by atoms with Crippen LogP contribution in [0.3, 0.4) is 0 Å². The number of aryl methyl sites for hydroxylation is 1. The molecule has 1 aromatic carbocycles. The van der Waals surface area contributed by atoms with E-state index in [0.717, 1.165) is 73.0 Å². The van der Waals surface area contributed by atoms with Crippen LogP contribution in [0.5, 0.6) is 5.75 Å². The highest BCUT2D eigenvalue weighted by Crippen LogP contribution is 2.34. The molecule has 2 aliphatic heterocycles. The molecule has 2 aliphatic rings. The van der Waals surface area contributed by atoms with Crippen LogP contribution >= 0.6 is 0 Å². The van der Waals surface area contributed by atoms with Gasteiger partial charge in [-0.25, -0.2) is 4.98 Å². The van der Waals surface area contributed by atoms with Crippen LogP contribution in [0.15, 0.2) is 24.3 Å². The summed E-state index contributed by atoms with van der Waals surface area (Å²) in [5.74, 6) is 2.54. The lowest BCUT2D eigenvalue weighted by atomic mass is 10.1. The van der Waals surface area contributed by atoms with Gasteiger partial charge in [0, 0.05) is 51.4 Å². The molecule has 0 saturated carbocycles. The van der Waals surface area contributed by atoms with Gasteiger partial charge in [-0.1, -0.05) is 18.6 Å². The molecule has 1 amide bonds. The van der Waals surface area contributed by atoms with Crippen molar-refractivity contribution in [3.63, 3.8) is 0 Å². The monoisotopic (exact) mass is 491 g/mol. The highest BCUT2D eigenvalue weighted by molar-refractivity contribution is 5.97. The molecule has 36 heavy (non-hydrogen) atoms. The standard InChI is InChI=1S/C27H37N7O2/c1-6-22-21-15-24-29-25(33-12-10-19(28)16-33)18(3)26(34(24)30-21)31(4)11-7-13-36-23-9-8-17(2)14-20(23)27(35)32(22)5/h8-9,14-15,19,22H,6-7,10-13,16,28H2,1-5H3/t19-,22?/m0/s1. The summed E-state index contributed by atoms with van der Waals surface area (Å²) in [5.41, 5.74) is 10.5. The van der Waals surface area contributed by atoms with Gasteiger partial charge in [-0.2, -0.15) is 9.61 Å². The number of amides is 1. The number of carbonyl (C=O) groups excluding carboxylic acids is 1. The molecule has 5 rings (SSSR count). The first-order valence-corrected chi connectivity index (χ1v) is 12.9. The van der Waals surface area contributed by atoms with E-state index in [1.54, 1.807) is 4.90 Å². The number of hydrogen-bond acceptors (Lipinski definition) is 7. The fourth-order valence-corrected chi connectivity index (χ4v) is 5.51. The molecule has 2 aromatic heterocycles. The predicted molar refractivity (Wildman–Crippen MR) is 142 cm³/mol. The Morgan fingerprint density at radius 2 is 1.97 bits per heavy atom. The first-order valence-electron chi connectivity index (χ1n) is 12.9. The normalized spacial score (nSPS) is 21.2. The summed E-state index contributed by atoms with van der Waals surface area (Å²) in [7, 11) is 3.94. The van der Waals surface area contributed by atoms with Gasteiger partial charge >= 0.3 is 0 Å². The van der Waals surface area contributed by atoms with Crippen molar-refractivity contribution in [3.05, 3.63) is 46.6 Å². The van der Waals surface area contributed by atoms with Gasteiger partial charge in [0.25, 0.3) is 5.91 Å². The number of ether oxygens (including phenoxy) is 1. The largest absolute Gasteiger partial charge is 0.493 e. The molecule has 9 heteroatoms. The second-order valence-electron chi connectivity index (χ2n) is 10.2. The van der Waals surface area contributed by atoms with E-state index in [9.17, 15) is 4.79 Å². The number of nitrogens with two attached hydrogens (primary N) is 1. The Hall–Kier alpha value is -3.33. The van der Waals surface area contributed by atoms with Crippen LogP contribution in [0.1, 0.15) is 59.4 Å². The predicted octanol–water partition coefficient (Wildman–Crippen LogP) is 3.33. The first-order chi connectivity index (χ1) is 17.3. The Kier molecular flexibility index (Phi) is 6.51. The van der Waals surface area contributed by atoms with Crippen molar-refractivity contribution in [1.29, 1.82) is 0 Å². The van der Waals surface area contributed by atoms with Gasteiger partial charge in [0.1, 0.15) is 17.4 Å². The molecule has 1 fully saturated rings. The minimum atomic E-state index is -0.197. The van der Waals surface area contributed by atoms with Gasteiger partial charge in [-0.15, -0.1) is 0 Å². The van der Waals surface area contributed by atoms with Gasteiger partial charge < -0.3 is 25.2 Å². The van der Waals surface area contributed by atoms with Crippen molar-refractivity contribution in [2.75, 3.05) is 50.1 Å². The third kappa shape index (κ3) is 4.25. The summed E-state index contributed by atoms with van der Waals surface area (Å²) in [5, 5.41) is 5.03. The number of benzene rings is 1. The molecule has 2 bridgehead atoms. The average molecular weight is 492 g/mol. The van der Waals surface area contributed by atoms with Crippen molar-refractivity contribution >= 4 is 23.2 Å². The minimum Gasteiger partial charge on any atom is -0.493 e. The summed E-state index contributed by atoms with van der Waals surface area (Å²) < 4.78 is 8.09. The Labute approximate surface area is 212 Å². The minimum absolute atomic E-state index is 0.0668. The van der Waals surface area contributed by atoms with Gasteiger partial charge in [0.05, 0.1) is 23.9 Å². The molecule has 0 spiro atoms. The van der Waals surface area contributed by atoms with Crippen molar-refractivity contribution in [2.24, 2.45) is 5.73 Å². The van der Waals surface area contributed by atoms with Crippen molar-refractivity contribution in [1.82, 2.24) is 19.5 Å². The van der Waals surface area contributed by atoms with Crippen molar-refractivity contribution in [3.8, 4) is 5.75 Å². The maximum Gasteiger partial charge on any atom is 0.257 e. The molecular formula is C27H37N7O2. The molecular weight excluding hydrogens is 454 g/mol. The zero-order chi connectivity index (χ0) is 25.6. The zero-order valence-corrected chi connectivity index (χ0v) is 22.0. The van der Waals surface area contributed by atoms with Crippen LogP contribution in [0, 0.1) is 13.8 Å². The third-order valence-electron chi connectivity index (χ3n) is 7.46. The smallest absolute Gasteiger partial charge is 0.257 e. The van der Waals surface area contributed by atoms with E-state index >= 15 is 0 Å². The fraction of sp³-hybridized carbons (Fsp3) is 0.519. The number of carbonyl (C=O) groups is 1. The number of nitrogens with zero attached hydrogens (tertiary/aromatic N) is 6. The van der Waals surface area contributed by atoms with E-state index in [1.807, 2.05) is 42.8 Å². The summed E-state index contributed by atoms with van der Waals surface area (Å²) in [4.78, 5) is 25.0. The second-order valence-corrected chi connectivity index (χ2v) is 10.2. The molecule has 0 radical (unpaired) electrons. The molecule has 3 aromatic rings. The molecule has 4 heterocycles. The third-order valence-corrected chi connectivity index (χ3v) is 7.46. The molecule has 1 unspecified atom stereocenters. The fourth-order valence-electron chi connectivity index (χ4n) is 5.51. The van der Waals surface area contributed by atoms with Crippen LogP contribution in [0.4, 0.5) is 11.6 Å². The highest BCUT2D eigenvalue weighted by atomic mass is 16.5. The van der Waals surface area contributed by atoms with E-state index in [1.165, 1.54) is 0 Å². The lowest BCUT2D eigenvalue weighted by molar-refractivity contribution is 0.0718. The van der Waals surface area contributed by atoms with E-state index in [-0.39, 0.29) is 18.0 Å². The topological polar surface area (TPSA) is 92.2 Å². The molecule has 2 N–H and O–H groups in total. The van der Waals surface area contributed by atoms with Gasteiger partial charge in [0.2, 0.25) is 0 Å². The van der Waals surface area contributed by atoms with Crippen LogP contribution in [-0.4, -0.2) is 71.8 Å². The van der Waals surface area contributed by atoms with Gasteiger partial charge in [-0.05, 0) is 45.2 Å². The Balaban J connectivity index is 1.65. The maximum absolute atomic E-state index is 13.7. The SMILES string of the molecule is CCC1c2cc3nc(N4CC[C@H](N)C4)c(C)c(n3n2)N(C)CCCOc2ccc(C)cc2C(=O)N1C. The van der Waals surface area contributed by atoms with Crippen LogP contribution < -0.4 is 20.3 Å². The second kappa shape index (κ2) is 9.61. The molecule has 1 saturated heterocycles. The van der Waals surface area contributed by atoms with E-state index in [0.29, 0.717) is 17.9 Å². The molecule has 0 aliphatic carbocycles. The van der Waals surface area contributed by atoms with Crippen LogP contribution in [0.2, 0.25) is 0 Å². The van der Waals surface area contributed by atoms with Gasteiger partial charge in [-0.3, -0.25) is 4.79 Å². The van der Waals surface area contributed by atoms with Crippen molar-refractivity contribution in [2.45, 2.75) is 52.1 Å². The van der Waals surface area contributed by atoms with E-state index in [4.69, 9.17) is 20.6 Å². The maximum atomic E-state index is 13.7. The molecule has 9 nitrogen and oxygen atoms in total. The summed E-state index contributed by atoms with van der Waals surface area (Å²) in [6.07, 6.45) is 2.49. The van der Waals surface area contributed by atoms with E-state index in [2.05, 4.69) is 30.7 Å². The number of fused-ring (bicyclic) bond motifs is 2. The van der Waals surface area contributed by atoms with Crippen LogP contribution in [0.25, 0.3) is 5.65 Å². The molecule has 2 atom stereocenters.